The van der Waals surface area contributed by atoms with Crippen LogP contribution in [0.5, 0.6) is 0 Å². The zero-order valence-electron chi connectivity index (χ0n) is 13.5. The van der Waals surface area contributed by atoms with Gasteiger partial charge in [0.1, 0.15) is 11.6 Å². The lowest BCUT2D eigenvalue weighted by Gasteiger charge is -2.33. The van der Waals surface area contributed by atoms with Gasteiger partial charge in [0.05, 0.1) is 18.1 Å². The van der Waals surface area contributed by atoms with Gasteiger partial charge in [0.15, 0.2) is 0 Å². The first kappa shape index (κ1) is 16.5. The highest BCUT2D eigenvalue weighted by Crippen LogP contribution is 2.20. The minimum Gasteiger partial charge on any atom is -0.302 e. The van der Waals surface area contributed by atoms with Crippen LogP contribution in [-0.4, -0.2) is 39.3 Å². The minimum atomic E-state index is -0.0336. The van der Waals surface area contributed by atoms with Gasteiger partial charge in [-0.15, -0.1) is 0 Å². The number of aromatic nitrogens is 3. The summed E-state index contributed by atoms with van der Waals surface area (Å²) in [5.41, 5.74) is 0. The van der Waals surface area contributed by atoms with Gasteiger partial charge in [0.2, 0.25) is 0 Å². The number of aryl methyl sites for hydroxylation is 2. The molecule has 1 aliphatic heterocycles. The zero-order chi connectivity index (χ0) is 15.9. The number of rotatable bonds is 6. The van der Waals surface area contributed by atoms with Crippen molar-refractivity contribution in [2.45, 2.75) is 46.1 Å². The van der Waals surface area contributed by atoms with Crippen LogP contribution < -0.4 is 0 Å². The second-order valence-corrected chi connectivity index (χ2v) is 6.18. The predicted octanol–water partition coefficient (Wildman–Crippen LogP) is 2.05. The Morgan fingerprint density at radius 2 is 2.18 bits per heavy atom. The molecule has 1 aliphatic rings. The summed E-state index contributed by atoms with van der Waals surface area (Å²) in [5, 5.41) is 22.3. The highest BCUT2D eigenvalue weighted by atomic mass is 15.3. The molecule has 2 heterocycles. The van der Waals surface area contributed by atoms with Crippen LogP contribution in [0.3, 0.4) is 0 Å². The highest BCUT2D eigenvalue weighted by molar-refractivity contribution is 4.91. The van der Waals surface area contributed by atoms with Gasteiger partial charge in [-0.2, -0.15) is 15.6 Å². The molecule has 0 aromatic carbocycles. The first-order chi connectivity index (χ1) is 10.6. The monoisotopic (exact) mass is 300 g/mol. The van der Waals surface area contributed by atoms with E-state index >= 15 is 0 Å². The minimum absolute atomic E-state index is 0.0336. The van der Waals surface area contributed by atoms with Crippen LogP contribution in [0, 0.1) is 48.3 Å². The molecule has 0 radical (unpaired) electrons. The number of hydrogen-bond donors (Lipinski definition) is 0. The molecule has 0 aliphatic carbocycles. The van der Waals surface area contributed by atoms with Crippen LogP contribution in [-0.2, 0) is 6.54 Å². The summed E-state index contributed by atoms with van der Waals surface area (Å²) in [6, 6.07) is 4.47. The molecule has 0 bridgehead atoms. The molecule has 6 heteroatoms. The van der Waals surface area contributed by atoms with Crippen LogP contribution >= 0.6 is 0 Å². The van der Waals surface area contributed by atoms with Crippen molar-refractivity contribution in [3.63, 3.8) is 0 Å². The molecule has 0 spiro atoms. The molecule has 1 aromatic heterocycles. The number of piperidine rings is 1. The van der Waals surface area contributed by atoms with Crippen molar-refractivity contribution in [1.29, 1.82) is 10.5 Å². The highest BCUT2D eigenvalue weighted by Gasteiger charge is 2.23. The molecule has 2 rings (SSSR count). The Hall–Kier alpha value is -1.92. The van der Waals surface area contributed by atoms with Gasteiger partial charge >= 0.3 is 0 Å². The van der Waals surface area contributed by atoms with E-state index in [-0.39, 0.29) is 5.92 Å². The van der Waals surface area contributed by atoms with Crippen LogP contribution in [0.1, 0.15) is 37.3 Å². The van der Waals surface area contributed by atoms with E-state index in [4.69, 9.17) is 5.26 Å². The number of likely N-dealkylation sites (tertiary alicyclic amines) is 1. The molecule has 0 N–H and O–H groups in total. The Morgan fingerprint density at radius 1 is 1.36 bits per heavy atom. The number of nitriles is 2. The van der Waals surface area contributed by atoms with E-state index in [9.17, 15) is 5.26 Å². The van der Waals surface area contributed by atoms with Crippen LogP contribution in [0.15, 0.2) is 0 Å². The van der Waals surface area contributed by atoms with Crippen molar-refractivity contribution in [2.75, 3.05) is 19.6 Å². The van der Waals surface area contributed by atoms with Crippen molar-refractivity contribution in [1.82, 2.24) is 19.7 Å². The standard InChI is InChI=1S/C16H24N6/c1-13-19-14(2)22(20-13)12-16-6-4-8-21(11-16)10-15(9-18)5-3-7-17/h15-16H,3-6,8,10-12H2,1-2H3/t15-,16+/m0/s1. The quantitative estimate of drug-likeness (QED) is 0.803. The van der Waals surface area contributed by atoms with Crippen molar-refractivity contribution in [3.05, 3.63) is 11.6 Å². The molecule has 1 aromatic rings. The third-order valence-electron chi connectivity index (χ3n) is 4.26. The first-order valence-electron chi connectivity index (χ1n) is 7.99. The SMILES string of the molecule is Cc1nc(C)n(C[C@@H]2CCCN(C[C@H](C#N)CCC#N)C2)n1. The molecular formula is C16H24N6. The van der Waals surface area contributed by atoms with E-state index in [0.29, 0.717) is 18.8 Å². The maximum Gasteiger partial charge on any atom is 0.147 e. The lowest BCUT2D eigenvalue weighted by atomic mass is 9.96. The topological polar surface area (TPSA) is 81.5 Å². The molecule has 22 heavy (non-hydrogen) atoms. The second kappa shape index (κ2) is 7.91. The molecular weight excluding hydrogens is 276 g/mol. The van der Waals surface area contributed by atoms with E-state index in [1.54, 1.807) is 0 Å². The molecule has 0 amide bonds. The van der Waals surface area contributed by atoms with Crippen LogP contribution in [0.4, 0.5) is 0 Å². The van der Waals surface area contributed by atoms with Crippen molar-refractivity contribution in [3.8, 4) is 12.1 Å². The Labute approximate surface area is 132 Å². The van der Waals surface area contributed by atoms with Gasteiger partial charge in [-0.1, -0.05) is 0 Å². The van der Waals surface area contributed by atoms with Gasteiger partial charge in [0, 0.05) is 26.1 Å². The smallest absolute Gasteiger partial charge is 0.147 e. The third kappa shape index (κ3) is 4.54. The fraction of sp³-hybridized carbons (Fsp3) is 0.750. The normalized spacial score (nSPS) is 20.3. The first-order valence-corrected chi connectivity index (χ1v) is 7.99. The largest absolute Gasteiger partial charge is 0.302 e. The lowest BCUT2D eigenvalue weighted by molar-refractivity contribution is 0.146. The van der Waals surface area contributed by atoms with E-state index in [0.717, 1.165) is 44.2 Å². The van der Waals surface area contributed by atoms with Gasteiger partial charge in [-0.25, -0.2) is 9.67 Å². The van der Waals surface area contributed by atoms with E-state index in [1.165, 1.54) is 6.42 Å². The Morgan fingerprint density at radius 3 is 2.82 bits per heavy atom. The van der Waals surface area contributed by atoms with Crippen molar-refractivity contribution < 1.29 is 0 Å². The van der Waals surface area contributed by atoms with E-state index in [1.807, 2.05) is 18.5 Å². The lowest BCUT2D eigenvalue weighted by Crippen LogP contribution is -2.39. The molecule has 0 saturated carbocycles. The van der Waals surface area contributed by atoms with E-state index < -0.39 is 0 Å². The maximum atomic E-state index is 9.22. The fourth-order valence-corrected chi connectivity index (χ4v) is 3.19. The van der Waals surface area contributed by atoms with Crippen molar-refractivity contribution >= 4 is 0 Å². The third-order valence-corrected chi connectivity index (χ3v) is 4.26. The summed E-state index contributed by atoms with van der Waals surface area (Å²) < 4.78 is 2.00. The summed E-state index contributed by atoms with van der Waals surface area (Å²) in [6.07, 6.45) is 3.50. The Balaban J connectivity index is 1.87. The van der Waals surface area contributed by atoms with Gasteiger partial charge in [-0.05, 0) is 45.6 Å². The summed E-state index contributed by atoms with van der Waals surface area (Å²) >= 11 is 0. The van der Waals surface area contributed by atoms with Crippen LogP contribution in [0.25, 0.3) is 0 Å². The van der Waals surface area contributed by atoms with E-state index in [2.05, 4.69) is 27.1 Å². The van der Waals surface area contributed by atoms with Crippen LogP contribution in [0.2, 0.25) is 0 Å². The number of hydrogen-bond acceptors (Lipinski definition) is 5. The molecule has 2 atom stereocenters. The molecule has 1 saturated heterocycles. The predicted molar refractivity (Wildman–Crippen MR) is 82.6 cm³/mol. The average molecular weight is 300 g/mol. The fourth-order valence-electron chi connectivity index (χ4n) is 3.19. The Bertz CT molecular complexity index is 564. The molecule has 1 fully saturated rings. The van der Waals surface area contributed by atoms with Gasteiger partial charge in [0.25, 0.3) is 0 Å². The van der Waals surface area contributed by atoms with Gasteiger partial charge in [-0.3, -0.25) is 0 Å². The second-order valence-electron chi connectivity index (χ2n) is 6.18. The van der Waals surface area contributed by atoms with Gasteiger partial charge < -0.3 is 4.90 Å². The average Bonchev–Trinajstić information content (AvgIpc) is 2.81. The summed E-state index contributed by atoms with van der Waals surface area (Å²) in [7, 11) is 0. The maximum absolute atomic E-state index is 9.22. The zero-order valence-corrected chi connectivity index (χ0v) is 13.5. The Kier molecular flexibility index (Phi) is 5.91. The summed E-state index contributed by atoms with van der Waals surface area (Å²) in [5.74, 6) is 2.32. The molecule has 0 unspecified atom stereocenters. The number of nitrogens with zero attached hydrogens (tertiary/aromatic N) is 6. The summed E-state index contributed by atoms with van der Waals surface area (Å²) in [6.45, 7) is 7.65. The molecule has 6 nitrogen and oxygen atoms in total. The molecule has 118 valence electrons. The van der Waals surface area contributed by atoms with Crippen molar-refractivity contribution in [2.24, 2.45) is 11.8 Å². The summed E-state index contributed by atoms with van der Waals surface area (Å²) in [4.78, 5) is 6.73.